The highest BCUT2D eigenvalue weighted by molar-refractivity contribution is 5.28. The summed E-state index contributed by atoms with van der Waals surface area (Å²) in [5.41, 5.74) is 2.73. The quantitative estimate of drug-likeness (QED) is 0.786. The molecule has 0 aliphatic heterocycles. The number of hydrogen-bond donors (Lipinski definition) is 1. The van der Waals surface area contributed by atoms with Gasteiger partial charge >= 0.3 is 0 Å². The summed E-state index contributed by atoms with van der Waals surface area (Å²) >= 11 is 0. The lowest BCUT2D eigenvalue weighted by molar-refractivity contribution is 0.289. The minimum atomic E-state index is 0.616. The molecule has 4 nitrogen and oxygen atoms in total. The summed E-state index contributed by atoms with van der Waals surface area (Å²) in [4.78, 5) is 8.46. The number of imidazole rings is 1. The van der Waals surface area contributed by atoms with Crippen LogP contribution in [0.15, 0.2) is 67.4 Å². The van der Waals surface area contributed by atoms with Crippen LogP contribution in [0.3, 0.4) is 0 Å². The fourth-order valence-electron chi connectivity index (χ4n) is 3.15. The van der Waals surface area contributed by atoms with Gasteiger partial charge in [-0.2, -0.15) is 0 Å². The van der Waals surface area contributed by atoms with Crippen LogP contribution in [-0.4, -0.2) is 20.6 Å². The second kappa shape index (κ2) is 6.34. The fourth-order valence-corrected chi connectivity index (χ4v) is 3.15. The van der Waals surface area contributed by atoms with Crippen molar-refractivity contribution in [2.75, 3.05) is 0 Å². The third-order valence-electron chi connectivity index (χ3n) is 4.58. The zero-order valence-corrected chi connectivity index (χ0v) is 13.0. The predicted molar refractivity (Wildman–Crippen MR) is 90.4 cm³/mol. The maximum Gasteiger partial charge on any atom is 0.138 e. The molecule has 1 aliphatic carbocycles. The number of aromatic nitrogens is 3. The van der Waals surface area contributed by atoms with Crippen LogP contribution < -0.4 is 5.32 Å². The van der Waals surface area contributed by atoms with Gasteiger partial charge in [0.15, 0.2) is 0 Å². The smallest absolute Gasteiger partial charge is 0.138 e. The molecule has 0 radical (unpaired) electrons. The average molecular weight is 304 g/mol. The Morgan fingerprint density at radius 1 is 1.09 bits per heavy atom. The monoisotopic (exact) mass is 304 g/mol. The number of benzene rings is 1. The van der Waals surface area contributed by atoms with E-state index in [-0.39, 0.29) is 0 Å². The van der Waals surface area contributed by atoms with Crippen molar-refractivity contribution < 1.29 is 0 Å². The van der Waals surface area contributed by atoms with Crippen molar-refractivity contribution in [1.82, 2.24) is 19.9 Å². The van der Waals surface area contributed by atoms with E-state index in [1.165, 1.54) is 24.0 Å². The molecule has 4 heteroatoms. The molecule has 0 amide bonds. The Balaban J connectivity index is 1.32. The molecule has 1 fully saturated rings. The van der Waals surface area contributed by atoms with Gasteiger partial charge in [0.05, 0.1) is 0 Å². The van der Waals surface area contributed by atoms with Gasteiger partial charge in [0, 0.05) is 31.2 Å². The molecule has 116 valence electrons. The first-order chi connectivity index (χ1) is 11.4. The van der Waals surface area contributed by atoms with Gasteiger partial charge in [-0.15, -0.1) is 0 Å². The summed E-state index contributed by atoms with van der Waals surface area (Å²) in [6.45, 7) is 0.885. The highest BCUT2D eigenvalue weighted by Crippen LogP contribution is 2.36. The van der Waals surface area contributed by atoms with Gasteiger partial charge in [-0.05, 0) is 42.0 Å². The lowest BCUT2D eigenvalue weighted by Gasteiger charge is -2.36. The van der Waals surface area contributed by atoms with Crippen LogP contribution in [0.25, 0.3) is 5.82 Å². The van der Waals surface area contributed by atoms with Gasteiger partial charge in [-0.25, -0.2) is 9.97 Å². The lowest BCUT2D eigenvalue weighted by Crippen LogP contribution is -2.39. The molecule has 1 aromatic carbocycles. The van der Waals surface area contributed by atoms with Gasteiger partial charge in [0.25, 0.3) is 0 Å². The molecule has 0 unspecified atom stereocenters. The summed E-state index contributed by atoms with van der Waals surface area (Å²) in [6.07, 6.45) is 9.77. The largest absolute Gasteiger partial charge is 0.310 e. The first kappa shape index (κ1) is 14.2. The molecule has 1 N–H and O–H groups in total. The van der Waals surface area contributed by atoms with Crippen molar-refractivity contribution in [1.29, 1.82) is 0 Å². The minimum absolute atomic E-state index is 0.616. The first-order valence-corrected chi connectivity index (χ1v) is 8.10. The van der Waals surface area contributed by atoms with E-state index in [1.807, 2.05) is 17.0 Å². The highest BCUT2D eigenvalue weighted by Gasteiger charge is 2.29. The van der Waals surface area contributed by atoms with Crippen molar-refractivity contribution in [2.24, 2.45) is 0 Å². The van der Waals surface area contributed by atoms with E-state index in [2.05, 4.69) is 57.7 Å². The van der Waals surface area contributed by atoms with Crippen molar-refractivity contribution in [3.8, 4) is 5.82 Å². The Bertz CT molecular complexity index is 746. The topological polar surface area (TPSA) is 42.7 Å². The summed E-state index contributed by atoms with van der Waals surface area (Å²) in [5, 5.41) is 3.65. The SMILES string of the molecule is c1ccc(C2CC(NCc3ccnc(-n4ccnc4)c3)C2)cc1. The number of rotatable bonds is 5. The Kier molecular flexibility index (Phi) is 3.90. The molecular weight excluding hydrogens is 284 g/mol. The molecule has 0 atom stereocenters. The molecule has 0 spiro atoms. The van der Waals surface area contributed by atoms with Crippen molar-refractivity contribution >= 4 is 0 Å². The van der Waals surface area contributed by atoms with E-state index in [0.29, 0.717) is 12.0 Å². The van der Waals surface area contributed by atoms with Crippen molar-refractivity contribution in [2.45, 2.75) is 31.3 Å². The number of hydrogen-bond acceptors (Lipinski definition) is 3. The Hall–Kier alpha value is -2.46. The van der Waals surface area contributed by atoms with E-state index in [1.54, 1.807) is 12.5 Å². The van der Waals surface area contributed by atoms with E-state index in [0.717, 1.165) is 12.4 Å². The van der Waals surface area contributed by atoms with Crippen LogP contribution in [0.5, 0.6) is 0 Å². The van der Waals surface area contributed by atoms with Gasteiger partial charge in [0.1, 0.15) is 12.1 Å². The standard InChI is InChI=1S/C19H20N4/c1-2-4-16(5-3-1)17-11-18(12-17)22-13-15-6-7-21-19(10-15)23-9-8-20-14-23/h1-10,14,17-18,22H,11-13H2. The lowest BCUT2D eigenvalue weighted by atomic mass is 9.76. The van der Waals surface area contributed by atoms with Crippen LogP contribution >= 0.6 is 0 Å². The van der Waals surface area contributed by atoms with Gasteiger partial charge in [-0.1, -0.05) is 30.3 Å². The zero-order valence-electron chi connectivity index (χ0n) is 13.0. The number of nitrogens with one attached hydrogen (secondary N) is 1. The Morgan fingerprint density at radius 2 is 1.96 bits per heavy atom. The third kappa shape index (κ3) is 3.17. The van der Waals surface area contributed by atoms with Crippen LogP contribution in [0.2, 0.25) is 0 Å². The zero-order chi connectivity index (χ0) is 15.5. The molecule has 2 heterocycles. The summed E-state index contributed by atoms with van der Waals surface area (Å²) in [5.74, 6) is 1.63. The molecule has 2 aromatic heterocycles. The van der Waals surface area contributed by atoms with E-state index >= 15 is 0 Å². The third-order valence-corrected chi connectivity index (χ3v) is 4.58. The first-order valence-electron chi connectivity index (χ1n) is 8.10. The average Bonchev–Trinajstić information content (AvgIpc) is 3.09. The summed E-state index contributed by atoms with van der Waals surface area (Å²) in [6, 6.07) is 15.6. The summed E-state index contributed by atoms with van der Waals surface area (Å²) < 4.78 is 1.93. The van der Waals surface area contributed by atoms with Crippen LogP contribution in [-0.2, 0) is 6.54 Å². The number of pyridine rings is 1. The molecular formula is C19H20N4. The Labute approximate surface area is 136 Å². The number of nitrogens with zero attached hydrogens (tertiary/aromatic N) is 3. The van der Waals surface area contributed by atoms with Crippen LogP contribution in [0.1, 0.15) is 29.9 Å². The molecule has 23 heavy (non-hydrogen) atoms. The summed E-state index contributed by atoms with van der Waals surface area (Å²) in [7, 11) is 0. The van der Waals surface area contributed by atoms with Gasteiger partial charge in [0.2, 0.25) is 0 Å². The fraction of sp³-hybridized carbons (Fsp3) is 0.263. The van der Waals surface area contributed by atoms with Gasteiger partial charge in [-0.3, -0.25) is 4.57 Å². The van der Waals surface area contributed by atoms with Crippen molar-refractivity contribution in [3.63, 3.8) is 0 Å². The predicted octanol–water partition coefficient (Wildman–Crippen LogP) is 3.30. The maximum atomic E-state index is 4.39. The molecule has 1 aliphatic rings. The Morgan fingerprint density at radius 3 is 2.74 bits per heavy atom. The minimum Gasteiger partial charge on any atom is -0.310 e. The maximum absolute atomic E-state index is 4.39. The van der Waals surface area contributed by atoms with Gasteiger partial charge < -0.3 is 5.32 Å². The van der Waals surface area contributed by atoms with Crippen LogP contribution in [0, 0.1) is 0 Å². The molecule has 4 rings (SSSR count). The second-order valence-corrected chi connectivity index (χ2v) is 6.15. The molecule has 3 aromatic rings. The molecule has 0 saturated heterocycles. The second-order valence-electron chi connectivity index (χ2n) is 6.15. The van der Waals surface area contributed by atoms with E-state index < -0.39 is 0 Å². The van der Waals surface area contributed by atoms with Crippen LogP contribution in [0.4, 0.5) is 0 Å². The van der Waals surface area contributed by atoms with Crippen molar-refractivity contribution in [3.05, 3.63) is 78.5 Å². The van der Waals surface area contributed by atoms with E-state index in [4.69, 9.17) is 0 Å². The molecule has 0 bridgehead atoms. The molecule has 1 saturated carbocycles. The highest BCUT2D eigenvalue weighted by atomic mass is 15.1. The normalized spacial score (nSPS) is 20.2. The van der Waals surface area contributed by atoms with E-state index in [9.17, 15) is 0 Å².